The third-order valence-corrected chi connectivity index (χ3v) is 3.00. The molecule has 0 saturated heterocycles. The Morgan fingerprint density at radius 1 is 1.29 bits per heavy atom. The summed E-state index contributed by atoms with van der Waals surface area (Å²) in [5, 5.41) is 1.09. The van der Waals surface area contributed by atoms with Gasteiger partial charge in [-0.3, -0.25) is 4.99 Å². The van der Waals surface area contributed by atoms with Crippen LogP contribution in [0.1, 0.15) is 24.3 Å². The fourth-order valence-corrected chi connectivity index (χ4v) is 1.91. The van der Waals surface area contributed by atoms with Crippen molar-refractivity contribution >= 4 is 28.9 Å². The van der Waals surface area contributed by atoms with E-state index in [1.807, 2.05) is 19.1 Å². The fraction of sp³-hybridized carbons (Fsp3) is 0.300. The van der Waals surface area contributed by atoms with Crippen molar-refractivity contribution in [3.63, 3.8) is 0 Å². The van der Waals surface area contributed by atoms with E-state index in [4.69, 9.17) is 27.9 Å². The first-order valence-corrected chi connectivity index (χ1v) is 4.95. The Morgan fingerprint density at radius 3 is 2.57 bits per heavy atom. The molecule has 1 aromatic carbocycles. The number of benzene rings is 1. The highest BCUT2D eigenvalue weighted by Crippen LogP contribution is 2.35. The smallest absolute Gasteiger partial charge is 0.174 e. The average Bonchev–Trinajstić information content (AvgIpc) is 2.45. The Balaban J connectivity index is 2.58. The molecule has 0 radical (unpaired) electrons. The Bertz CT molecular complexity index is 415. The molecule has 0 aromatic heterocycles. The van der Waals surface area contributed by atoms with Gasteiger partial charge in [-0.1, -0.05) is 23.2 Å². The van der Waals surface area contributed by atoms with Crippen LogP contribution in [0.25, 0.3) is 0 Å². The van der Waals surface area contributed by atoms with E-state index in [1.165, 1.54) is 0 Å². The number of hydrogen-bond acceptors (Lipinski definition) is 2. The largest absolute Gasteiger partial charge is 0.355 e. The molecular weight excluding hydrogens is 221 g/mol. The summed E-state index contributed by atoms with van der Waals surface area (Å²) in [6.07, 6.45) is -0.236. The predicted octanol–water partition coefficient (Wildman–Crippen LogP) is 3.46. The predicted molar refractivity (Wildman–Crippen MR) is 58.4 cm³/mol. The SMILES string of the molecule is COC1N=C(C)c2cc(Cl)c(Cl)cc21. The molecule has 0 fully saturated rings. The summed E-state index contributed by atoms with van der Waals surface area (Å²) in [7, 11) is 1.62. The van der Waals surface area contributed by atoms with E-state index in [2.05, 4.69) is 4.99 Å². The van der Waals surface area contributed by atoms with Crippen molar-refractivity contribution in [3.05, 3.63) is 33.3 Å². The van der Waals surface area contributed by atoms with Crippen molar-refractivity contribution in [2.75, 3.05) is 7.11 Å². The van der Waals surface area contributed by atoms with E-state index in [1.54, 1.807) is 7.11 Å². The van der Waals surface area contributed by atoms with E-state index in [9.17, 15) is 0 Å². The Labute approximate surface area is 92.5 Å². The molecule has 0 aliphatic carbocycles. The van der Waals surface area contributed by atoms with Gasteiger partial charge in [-0.15, -0.1) is 0 Å². The van der Waals surface area contributed by atoms with E-state index < -0.39 is 0 Å². The van der Waals surface area contributed by atoms with Crippen LogP contribution in [0.5, 0.6) is 0 Å². The second kappa shape index (κ2) is 3.54. The number of nitrogens with zero attached hydrogens (tertiary/aromatic N) is 1. The van der Waals surface area contributed by atoms with Crippen molar-refractivity contribution in [1.82, 2.24) is 0 Å². The lowest BCUT2D eigenvalue weighted by molar-refractivity contribution is 0.114. The van der Waals surface area contributed by atoms with Gasteiger partial charge in [0.1, 0.15) is 0 Å². The molecule has 74 valence electrons. The van der Waals surface area contributed by atoms with E-state index in [-0.39, 0.29) is 6.23 Å². The van der Waals surface area contributed by atoms with Crippen molar-refractivity contribution in [3.8, 4) is 0 Å². The molecule has 14 heavy (non-hydrogen) atoms. The molecule has 1 heterocycles. The molecule has 1 aliphatic rings. The zero-order chi connectivity index (χ0) is 10.3. The third-order valence-electron chi connectivity index (χ3n) is 2.28. The first-order valence-electron chi connectivity index (χ1n) is 4.20. The monoisotopic (exact) mass is 229 g/mol. The van der Waals surface area contributed by atoms with Gasteiger partial charge in [0.15, 0.2) is 6.23 Å². The summed E-state index contributed by atoms with van der Waals surface area (Å²) in [5.41, 5.74) is 2.94. The number of fused-ring (bicyclic) bond motifs is 1. The molecule has 0 spiro atoms. The zero-order valence-corrected chi connectivity index (χ0v) is 9.36. The summed E-state index contributed by atoms with van der Waals surface area (Å²) >= 11 is 11.8. The highest BCUT2D eigenvalue weighted by Gasteiger charge is 2.23. The number of hydrogen-bond donors (Lipinski definition) is 0. The van der Waals surface area contributed by atoms with Gasteiger partial charge in [0.2, 0.25) is 0 Å². The van der Waals surface area contributed by atoms with Gasteiger partial charge < -0.3 is 4.74 Å². The standard InChI is InChI=1S/C10H9Cl2NO/c1-5-6-3-8(11)9(12)4-7(6)10(13-5)14-2/h3-4,10H,1-2H3. The summed E-state index contributed by atoms with van der Waals surface area (Å²) in [6, 6.07) is 3.64. The minimum absolute atomic E-state index is 0.236. The molecule has 1 unspecified atom stereocenters. The van der Waals surface area contributed by atoms with Crippen molar-refractivity contribution in [2.24, 2.45) is 4.99 Å². The van der Waals surface area contributed by atoms with Crippen LogP contribution in [0, 0.1) is 0 Å². The topological polar surface area (TPSA) is 21.6 Å². The highest BCUT2D eigenvalue weighted by molar-refractivity contribution is 6.42. The molecule has 4 heteroatoms. The Kier molecular flexibility index (Phi) is 2.52. The number of aliphatic imine (C=N–C) groups is 1. The molecule has 2 nitrogen and oxygen atoms in total. The maximum absolute atomic E-state index is 5.92. The molecule has 2 rings (SSSR count). The number of halogens is 2. The zero-order valence-electron chi connectivity index (χ0n) is 7.84. The van der Waals surface area contributed by atoms with Crippen LogP contribution >= 0.6 is 23.2 Å². The van der Waals surface area contributed by atoms with Crippen molar-refractivity contribution < 1.29 is 4.74 Å². The summed E-state index contributed by atoms with van der Waals surface area (Å²) < 4.78 is 5.21. The Hall–Kier alpha value is -0.570. The molecular formula is C10H9Cl2NO. The minimum Gasteiger partial charge on any atom is -0.355 e. The van der Waals surface area contributed by atoms with Crippen LogP contribution in [-0.4, -0.2) is 12.8 Å². The quantitative estimate of drug-likeness (QED) is 0.723. The van der Waals surface area contributed by atoms with Gasteiger partial charge in [0.25, 0.3) is 0 Å². The number of rotatable bonds is 1. The Morgan fingerprint density at radius 2 is 1.93 bits per heavy atom. The molecule has 0 N–H and O–H groups in total. The van der Waals surface area contributed by atoms with Crippen LogP contribution in [-0.2, 0) is 4.74 Å². The van der Waals surface area contributed by atoms with Gasteiger partial charge in [0.05, 0.1) is 10.0 Å². The lowest BCUT2D eigenvalue weighted by Crippen LogP contribution is -1.96. The van der Waals surface area contributed by atoms with E-state index in [0.29, 0.717) is 10.0 Å². The number of ether oxygens (including phenoxy) is 1. The first kappa shape index (κ1) is 9.97. The van der Waals surface area contributed by atoms with Gasteiger partial charge in [0, 0.05) is 23.9 Å². The maximum atomic E-state index is 5.92. The summed E-state index contributed by atoms with van der Waals surface area (Å²) in [4.78, 5) is 4.33. The van der Waals surface area contributed by atoms with Crippen LogP contribution in [0.4, 0.5) is 0 Å². The van der Waals surface area contributed by atoms with Gasteiger partial charge >= 0.3 is 0 Å². The normalized spacial score (nSPS) is 19.4. The maximum Gasteiger partial charge on any atom is 0.174 e. The fourth-order valence-electron chi connectivity index (χ4n) is 1.57. The van der Waals surface area contributed by atoms with Crippen molar-refractivity contribution in [1.29, 1.82) is 0 Å². The van der Waals surface area contributed by atoms with E-state index >= 15 is 0 Å². The second-order valence-corrected chi connectivity index (χ2v) is 3.97. The average molecular weight is 230 g/mol. The van der Waals surface area contributed by atoms with Crippen LogP contribution < -0.4 is 0 Å². The van der Waals surface area contributed by atoms with Crippen LogP contribution in [0.15, 0.2) is 17.1 Å². The summed E-state index contributed by atoms with van der Waals surface area (Å²) in [5.74, 6) is 0. The van der Waals surface area contributed by atoms with Crippen LogP contribution in [0.3, 0.4) is 0 Å². The van der Waals surface area contributed by atoms with Crippen LogP contribution in [0.2, 0.25) is 10.0 Å². The third kappa shape index (κ3) is 1.44. The summed E-state index contributed by atoms with van der Waals surface area (Å²) in [6.45, 7) is 1.93. The van der Waals surface area contributed by atoms with Gasteiger partial charge in [-0.05, 0) is 19.1 Å². The molecule has 1 atom stereocenters. The molecule has 0 bridgehead atoms. The molecule has 1 aromatic rings. The lowest BCUT2D eigenvalue weighted by Gasteiger charge is -2.08. The highest BCUT2D eigenvalue weighted by atomic mass is 35.5. The van der Waals surface area contributed by atoms with Gasteiger partial charge in [-0.25, -0.2) is 0 Å². The van der Waals surface area contributed by atoms with Crippen molar-refractivity contribution in [2.45, 2.75) is 13.2 Å². The molecule has 0 amide bonds. The minimum atomic E-state index is -0.236. The first-order chi connectivity index (χ1) is 6.63. The second-order valence-electron chi connectivity index (χ2n) is 3.16. The van der Waals surface area contributed by atoms with E-state index in [0.717, 1.165) is 16.8 Å². The lowest BCUT2D eigenvalue weighted by atomic mass is 10.1. The van der Waals surface area contributed by atoms with Gasteiger partial charge in [-0.2, -0.15) is 0 Å². The number of methoxy groups -OCH3 is 1. The molecule has 0 saturated carbocycles. The molecule has 1 aliphatic heterocycles.